The Labute approximate surface area is 157 Å². The number of hydrogen-bond donors (Lipinski definition) is 0. The summed E-state index contributed by atoms with van der Waals surface area (Å²) in [5, 5.41) is 0. The maximum atomic E-state index is 12.6. The number of nitrogens with zero attached hydrogens (tertiary/aromatic N) is 3. The van der Waals surface area contributed by atoms with E-state index in [1.165, 1.54) is 23.2 Å². The van der Waals surface area contributed by atoms with Gasteiger partial charge in [0.2, 0.25) is 0 Å². The SMILES string of the molecule is CN(C)/C=N/C(=O)c1cn(-c2ccccc2)c(=O)cc1Oc1ccccc1. The normalized spacial score (nSPS) is 10.7. The van der Waals surface area contributed by atoms with Crippen LogP contribution in [0.2, 0.25) is 0 Å². The number of rotatable bonds is 5. The van der Waals surface area contributed by atoms with Crippen LogP contribution in [0.4, 0.5) is 0 Å². The van der Waals surface area contributed by atoms with E-state index in [1.807, 2.05) is 36.4 Å². The number of carbonyl (C=O) groups is 1. The Morgan fingerprint density at radius 1 is 1.04 bits per heavy atom. The highest BCUT2D eigenvalue weighted by atomic mass is 16.5. The molecule has 3 rings (SSSR count). The first-order valence-electron chi connectivity index (χ1n) is 8.34. The number of benzene rings is 2. The Bertz CT molecular complexity index is 1010. The summed E-state index contributed by atoms with van der Waals surface area (Å²) in [7, 11) is 3.53. The minimum Gasteiger partial charge on any atom is -0.456 e. The highest BCUT2D eigenvalue weighted by molar-refractivity contribution is 6.00. The molecular formula is C21H19N3O3. The van der Waals surface area contributed by atoms with Gasteiger partial charge in [-0.1, -0.05) is 36.4 Å². The summed E-state index contributed by atoms with van der Waals surface area (Å²) in [6.45, 7) is 0. The van der Waals surface area contributed by atoms with Gasteiger partial charge < -0.3 is 9.64 Å². The molecule has 0 unspecified atom stereocenters. The third-order valence-corrected chi connectivity index (χ3v) is 3.66. The van der Waals surface area contributed by atoms with Crippen molar-refractivity contribution in [1.82, 2.24) is 9.47 Å². The van der Waals surface area contributed by atoms with Crippen molar-refractivity contribution < 1.29 is 9.53 Å². The average Bonchev–Trinajstić information content (AvgIpc) is 2.68. The molecule has 1 heterocycles. The van der Waals surface area contributed by atoms with Crippen LogP contribution < -0.4 is 10.3 Å². The lowest BCUT2D eigenvalue weighted by atomic mass is 10.2. The number of ether oxygens (including phenoxy) is 1. The fourth-order valence-corrected chi connectivity index (χ4v) is 2.40. The summed E-state index contributed by atoms with van der Waals surface area (Å²) in [5.41, 5.74) is 0.542. The Hall–Kier alpha value is -3.67. The van der Waals surface area contributed by atoms with Gasteiger partial charge >= 0.3 is 0 Å². The Morgan fingerprint density at radius 3 is 2.30 bits per heavy atom. The molecule has 0 fully saturated rings. The molecule has 3 aromatic rings. The van der Waals surface area contributed by atoms with Crippen LogP contribution in [0.1, 0.15) is 10.4 Å². The van der Waals surface area contributed by atoms with Gasteiger partial charge in [0.25, 0.3) is 11.5 Å². The Kier molecular flexibility index (Phi) is 5.47. The highest BCUT2D eigenvalue weighted by Crippen LogP contribution is 2.25. The zero-order valence-corrected chi connectivity index (χ0v) is 15.1. The summed E-state index contributed by atoms with van der Waals surface area (Å²) in [4.78, 5) is 30.8. The number of carbonyl (C=O) groups excluding carboxylic acids is 1. The molecule has 0 saturated carbocycles. The molecule has 1 aromatic heterocycles. The van der Waals surface area contributed by atoms with Gasteiger partial charge in [0.05, 0.1) is 6.34 Å². The second-order valence-electron chi connectivity index (χ2n) is 6.02. The number of para-hydroxylation sites is 2. The molecule has 0 bridgehead atoms. The number of aromatic nitrogens is 1. The predicted molar refractivity (Wildman–Crippen MR) is 105 cm³/mol. The van der Waals surface area contributed by atoms with Gasteiger partial charge in [-0.15, -0.1) is 0 Å². The lowest BCUT2D eigenvalue weighted by Gasteiger charge is -2.12. The lowest BCUT2D eigenvalue weighted by molar-refractivity contribution is 0.0999. The summed E-state index contributed by atoms with van der Waals surface area (Å²) in [5.74, 6) is 0.193. The third-order valence-electron chi connectivity index (χ3n) is 3.66. The van der Waals surface area contributed by atoms with E-state index in [4.69, 9.17) is 4.74 Å². The second-order valence-corrected chi connectivity index (χ2v) is 6.02. The third kappa shape index (κ3) is 4.49. The fraction of sp³-hybridized carbons (Fsp3) is 0.0952. The van der Waals surface area contributed by atoms with E-state index in [-0.39, 0.29) is 16.9 Å². The monoisotopic (exact) mass is 361 g/mol. The molecule has 2 aromatic carbocycles. The van der Waals surface area contributed by atoms with Crippen molar-refractivity contribution in [2.75, 3.05) is 14.1 Å². The van der Waals surface area contributed by atoms with Crippen LogP contribution in [0.25, 0.3) is 5.69 Å². The number of amides is 1. The zero-order chi connectivity index (χ0) is 19.2. The van der Waals surface area contributed by atoms with Crippen molar-refractivity contribution >= 4 is 12.2 Å². The molecular weight excluding hydrogens is 342 g/mol. The first kappa shape index (κ1) is 18.1. The maximum absolute atomic E-state index is 12.6. The molecule has 0 aliphatic heterocycles. The maximum Gasteiger partial charge on any atom is 0.283 e. The van der Waals surface area contributed by atoms with Crippen molar-refractivity contribution in [1.29, 1.82) is 0 Å². The number of pyridine rings is 1. The van der Waals surface area contributed by atoms with Crippen molar-refractivity contribution in [3.8, 4) is 17.2 Å². The summed E-state index contributed by atoms with van der Waals surface area (Å²) in [6.07, 6.45) is 2.87. The first-order chi connectivity index (χ1) is 13.0. The number of aliphatic imine (C=N–C) groups is 1. The quantitative estimate of drug-likeness (QED) is 0.516. The van der Waals surface area contributed by atoms with Crippen LogP contribution in [-0.2, 0) is 0 Å². The van der Waals surface area contributed by atoms with Crippen LogP contribution >= 0.6 is 0 Å². The summed E-state index contributed by atoms with van der Waals surface area (Å²) >= 11 is 0. The van der Waals surface area contributed by atoms with E-state index in [1.54, 1.807) is 43.3 Å². The van der Waals surface area contributed by atoms with E-state index >= 15 is 0 Å². The van der Waals surface area contributed by atoms with Crippen LogP contribution in [0.15, 0.2) is 82.7 Å². The van der Waals surface area contributed by atoms with Crippen molar-refractivity contribution in [2.45, 2.75) is 0 Å². The molecule has 0 N–H and O–H groups in total. The van der Waals surface area contributed by atoms with Gasteiger partial charge in [0, 0.05) is 32.0 Å². The molecule has 0 radical (unpaired) electrons. The number of hydrogen-bond acceptors (Lipinski definition) is 3. The average molecular weight is 361 g/mol. The lowest BCUT2D eigenvalue weighted by Crippen LogP contribution is -2.19. The highest BCUT2D eigenvalue weighted by Gasteiger charge is 2.16. The molecule has 0 spiro atoms. The van der Waals surface area contributed by atoms with E-state index in [0.29, 0.717) is 11.4 Å². The molecule has 0 aliphatic rings. The van der Waals surface area contributed by atoms with Gasteiger partial charge in [-0.2, -0.15) is 4.99 Å². The first-order valence-corrected chi connectivity index (χ1v) is 8.34. The van der Waals surface area contributed by atoms with Crippen molar-refractivity contribution in [2.24, 2.45) is 4.99 Å². The van der Waals surface area contributed by atoms with E-state index in [0.717, 1.165) is 0 Å². The summed E-state index contributed by atoms with van der Waals surface area (Å²) in [6, 6.07) is 19.4. The zero-order valence-electron chi connectivity index (χ0n) is 15.1. The molecule has 0 atom stereocenters. The van der Waals surface area contributed by atoms with Crippen LogP contribution in [0, 0.1) is 0 Å². The predicted octanol–water partition coefficient (Wildman–Crippen LogP) is 3.36. The largest absolute Gasteiger partial charge is 0.456 e. The molecule has 0 aliphatic carbocycles. The van der Waals surface area contributed by atoms with E-state index in [2.05, 4.69) is 4.99 Å². The van der Waals surface area contributed by atoms with Gasteiger partial charge in [-0.25, -0.2) is 0 Å². The van der Waals surface area contributed by atoms with Gasteiger partial charge in [-0.3, -0.25) is 14.2 Å². The minimum absolute atomic E-state index is 0.166. The van der Waals surface area contributed by atoms with Crippen LogP contribution in [0.3, 0.4) is 0 Å². The van der Waals surface area contributed by atoms with Gasteiger partial charge in [0.15, 0.2) is 0 Å². The van der Waals surface area contributed by atoms with Crippen LogP contribution in [-0.4, -0.2) is 35.8 Å². The second kappa shape index (κ2) is 8.14. The van der Waals surface area contributed by atoms with E-state index in [9.17, 15) is 9.59 Å². The van der Waals surface area contributed by atoms with Gasteiger partial charge in [-0.05, 0) is 24.3 Å². The fourth-order valence-electron chi connectivity index (χ4n) is 2.40. The minimum atomic E-state index is -0.501. The van der Waals surface area contributed by atoms with E-state index < -0.39 is 5.91 Å². The summed E-state index contributed by atoms with van der Waals surface area (Å²) < 4.78 is 7.19. The molecule has 27 heavy (non-hydrogen) atoms. The standard InChI is InChI=1S/C21H19N3O3/c1-23(2)15-22-21(26)18-14-24(16-9-5-3-6-10-16)20(25)13-19(18)27-17-11-7-4-8-12-17/h3-15H,1-2H3/b22-15+. The van der Waals surface area contributed by atoms with Gasteiger partial charge in [0.1, 0.15) is 17.1 Å². The van der Waals surface area contributed by atoms with Crippen LogP contribution in [0.5, 0.6) is 11.5 Å². The Morgan fingerprint density at radius 2 is 1.67 bits per heavy atom. The van der Waals surface area contributed by atoms with Crippen molar-refractivity contribution in [3.63, 3.8) is 0 Å². The molecule has 1 amide bonds. The molecule has 0 saturated heterocycles. The topological polar surface area (TPSA) is 63.9 Å². The molecule has 136 valence electrons. The Balaban J connectivity index is 2.10. The molecule has 6 nitrogen and oxygen atoms in total. The molecule has 6 heteroatoms. The smallest absolute Gasteiger partial charge is 0.283 e. The van der Waals surface area contributed by atoms with Crippen molar-refractivity contribution in [3.05, 3.63) is 88.8 Å².